The number of rotatable bonds is 3. The molecule has 9 heteroatoms. The lowest BCUT2D eigenvalue weighted by Gasteiger charge is -2.10. The molecule has 0 aliphatic heterocycles. The maximum Gasteiger partial charge on any atom is 0.302 e. The number of aryl methyl sites for hydroxylation is 1. The number of hydrogen-bond donors (Lipinski definition) is 1. The van der Waals surface area contributed by atoms with Crippen LogP contribution in [0.3, 0.4) is 0 Å². The summed E-state index contributed by atoms with van der Waals surface area (Å²) in [5.74, 6) is 0. The maximum atomic E-state index is 11.8. The van der Waals surface area contributed by atoms with E-state index in [4.69, 9.17) is 0 Å². The topological polar surface area (TPSA) is 75.2 Å². The molecule has 0 amide bonds. The minimum absolute atomic E-state index is 0.368. The van der Waals surface area contributed by atoms with Crippen LogP contribution in [0, 0.1) is 6.92 Å². The van der Waals surface area contributed by atoms with Crippen molar-refractivity contribution < 1.29 is 8.42 Å². The zero-order valence-corrected chi connectivity index (χ0v) is 13.5. The second kappa shape index (κ2) is 4.62. The van der Waals surface area contributed by atoms with Gasteiger partial charge in [0, 0.05) is 14.1 Å². The van der Waals surface area contributed by atoms with Gasteiger partial charge in [0.25, 0.3) is 0 Å². The highest BCUT2D eigenvalue weighted by Crippen LogP contribution is 2.36. The lowest BCUT2D eigenvalue weighted by molar-refractivity contribution is 0.527. The molecule has 0 atom stereocenters. The van der Waals surface area contributed by atoms with Gasteiger partial charge in [-0.2, -0.15) is 12.7 Å². The summed E-state index contributed by atoms with van der Waals surface area (Å²) in [5, 5.41) is 1.35. The van der Waals surface area contributed by atoms with Gasteiger partial charge in [-0.1, -0.05) is 11.3 Å². The Hall–Kier alpha value is -1.29. The molecule has 2 heterocycles. The first kappa shape index (κ1) is 13.7. The third kappa shape index (κ3) is 2.26. The van der Waals surface area contributed by atoms with E-state index in [1.807, 2.05) is 19.1 Å². The van der Waals surface area contributed by atoms with Gasteiger partial charge in [-0.25, -0.2) is 14.7 Å². The fourth-order valence-electron chi connectivity index (χ4n) is 1.73. The fourth-order valence-corrected chi connectivity index (χ4v) is 4.52. The van der Waals surface area contributed by atoms with E-state index in [9.17, 15) is 8.42 Å². The van der Waals surface area contributed by atoms with Crippen molar-refractivity contribution in [2.75, 3.05) is 18.8 Å². The summed E-state index contributed by atoms with van der Waals surface area (Å²) in [6.45, 7) is 1.95. The van der Waals surface area contributed by atoms with Crippen molar-refractivity contribution in [1.82, 2.24) is 14.3 Å². The fraction of sp³-hybridized carbons (Fsp3) is 0.273. The number of hydrogen-bond acceptors (Lipinski definition) is 6. The summed E-state index contributed by atoms with van der Waals surface area (Å²) in [4.78, 5) is 8.75. The van der Waals surface area contributed by atoms with Crippen molar-refractivity contribution in [3.63, 3.8) is 0 Å². The molecular formula is C11H12N4O2S3. The molecule has 0 unspecified atom stereocenters. The maximum absolute atomic E-state index is 11.8. The molecule has 0 saturated carbocycles. The monoisotopic (exact) mass is 328 g/mol. The smallest absolute Gasteiger partial charge is 0.246 e. The molecule has 3 aromatic rings. The van der Waals surface area contributed by atoms with Gasteiger partial charge in [-0.15, -0.1) is 11.3 Å². The van der Waals surface area contributed by atoms with E-state index < -0.39 is 10.2 Å². The zero-order chi connectivity index (χ0) is 14.5. The third-order valence-corrected chi connectivity index (χ3v) is 6.40. The molecule has 0 spiro atoms. The summed E-state index contributed by atoms with van der Waals surface area (Å²) in [6, 6.07) is 3.77. The first-order valence-electron chi connectivity index (χ1n) is 5.74. The summed E-state index contributed by atoms with van der Waals surface area (Å²) in [6.07, 6.45) is 0. The summed E-state index contributed by atoms with van der Waals surface area (Å²) >= 11 is 2.92. The van der Waals surface area contributed by atoms with Crippen LogP contribution in [0.4, 0.5) is 5.13 Å². The van der Waals surface area contributed by atoms with Crippen LogP contribution in [0.2, 0.25) is 0 Å². The second-order valence-corrected chi connectivity index (χ2v) is 8.49. The van der Waals surface area contributed by atoms with E-state index in [2.05, 4.69) is 14.7 Å². The normalized spacial score (nSPS) is 12.6. The Morgan fingerprint density at radius 2 is 1.70 bits per heavy atom. The molecule has 0 fully saturated rings. The Morgan fingerprint density at radius 1 is 1.10 bits per heavy atom. The molecule has 0 bridgehead atoms. The molecule has 1 aromatic carbocycles. The predicted molar refractivity (Wildman–Crippen MR) is 83.8 cm³/mol. The van der Waals surface area contributed by atoms with Crippen LogP contribution in [0.5, 0.6) is 0 Å². The lowest BCUT2D eigenvalue weighted by atomic mass is 10.3. The quantitative estimate of drug-likeness (QED) is 0.801. The van der Waals surface area contributed by atoms with Crippen molar-refractivity contribution in [2.24, 2.45) is 0 Å². The average molecular weight is 328 g/mol. The Bertz CT molecular complexity index is 895. The molecular weight excluding hydrogens is 316 g/mol. The Balaban J connectivity index is 2.13. The van der Waals surface area contributed by atoms with E-state index in [1.165, 1.54) is 25.4 Å². The van der Waals surface area contributed by atoms with Crippen LogP contribution >= 0.6 is 22.7 Å². The molecule has 0 aliphatic carbocycles. The van der Waals surface area contributed by atoms with Gasteiger partial charge in [0.1, 0.15) is 0 Å². The highest BCUT2D eigenvalue weighted by atomic mass is 32.2. The van der Waals surface area contributed by atoms with Gasteiger partial charge in [-0.05, 0) is 19.1 Å². The number of nitrogens with zero attached hydrogens (tertiary/aromatic N) is 3. The van der Waals surface area contributed by atoms with E-state index in [1.54, 1.807) is 11.3 Å². The van der Waals surface area contributed by atoms with Crippen LogP contribution < -0.4 is 4.72 Å². The molecule has 3 rings (SSSR count). The zero-order valence-electron chi connectivity index (χ0n) is 11.0. The summed E-state index contributed by atoms with van der Waals surface area (Å²) in [5.41, 5.74) is 1.70. The first-order chi connectivity index (χ1) is 9.37. The average Bonchev–Trinajstić information content (AvgIpc) is 2.89. The molecule has 0 radical (unpaired) electrons. The largest absolute Gasteiger partial charge is 0.302 e. The van der Waals surface area contributed by atoms with Crippen molar-refractivity contribution in [1.29, 1.82) is 0 Å². The highest BCUT2D eigenvalue weighted by Gasteiger charge is 2.17. The van der Waals surface area contributed by atoms with Crippen molar-refractivity contribution >= 4 is 58.4 Å². The molecule has 2 aromatic heterocycles. The van der Waals surface area contributed by atoms with Gasteiger partial charge in [0.2, 0.25) is 0 Å². The molecule has 20 heavy (non-hydrogen) atoms. The highest BCUT2D eigenvalue weighted by molar-refractivity contribution is 7.90. The minimum Gasteiger partial charge on any atom is -0.246 e. The molecule has 0 saturated heterocycles. The van der Waals surface area contributed by atoms with Crippen LogP contribution in [0.25, 0.3) is 20.4 Å². The number of nitrogens with one attached hydrogen (secondary N) is 1. The molecule has 106 valence electrons. The van der Waals surface area contributed by atoms with Crippen molar-refractivity contribution in [3.8, 4) is 0 Å². The predicted octanol–water partition coefficient (Wildman–Crippen LogP) is 2.43. The van der Waals surface area contributed by atoms with E-state index in [0.717, 1.165) is 29.7 Å². The van der Waals surface area contributed by atoms with Crippen LogP contribution in [0.1, 0.15) is 5.01 Å². The minimum atomic E-state index is -3.53. The van der Waals surface area contributed by atoms with Crippen molar-refractivity contribution in [3.05, 3.63) is 17.1 Å². The Kier molecular flexibility index (Phi) is 3.16. The van der Waals surface area contributed by atoms with E-state index in [-0.39, 0.29) is 0 Å². The van der Waals surface area contributed by atoms with Gasteiger partial charge < -0.3 is 0 Å². The summed E-state index contributed by atoms with van der Waals surface area (Å²) in [7, 11) is -0.583. The molecule has 6 nitrogen and oxygen atoms in total. The van der Waals surface area contributed by atoms with Gasteiger partial charge in [-0.3, -0.25) is 0 Å². The SMILES string of the molecule is Cc1nc2ccc3nc(NS(=O)(=O)N(C)C)sc3c2s1. The van der Waals surface area contributed by atoms with E-state index in [0.29, 0.717) is 5.13 Å². The Morgan fingerprint density at radius 3 is 2.35 bits per heavy atom. The van der Waals surface area contributed by atoms with E-state index >= 15 is 0 Å². The van der Waals surface area contributed by atoms with Crippen molar-refractivity contribution in [2.45, 2.75) is 6.92 Å². The standard InChI is InChI=1S/C11H12N4O2S3/c1-6-12-7-4-5-8-10(9(7)18-6)19-11(13-8)14-20(16,17)15(2)3/h4-5H,1-3H3,(H,13,14). The number of benzene rings is 1. The second-order valence-electron chi connectivity index (χ2n) is 4.40. The number of aromatic nitrogens is 2. The van der Waals surface area contributed by atoms with Gasteiger partial charge in [0.05, 0.1) is 25.4 Å². The van der Waals surface area contributed by atoms with Gasteiger partial charge >= 0.3 is 10.2 Å². The number of thiazole rings is 2. The molecule has 0 aliphatic rings. The number of fused-ring (bicyclic) bond motifs is 3. The van der Waals surface area contributed by atoms with Gasteiger partial charge in [0.15, 0.2) is 5.13 Å². The molecule has 1 N–H and O–H groups in total. The van der Waals surface area contributed by atoms with Crippen LogP contribution in [-0.4, -0.2) is 36.8 Å². The Labute approximate surface area is 124 Å². The lowest BCUT2D eigenvalue weighted by Crippen LogP contribution is -2.28. The first-order valence-corrected chi connectivity index (χ1v) is 8.81. The number of anilines is 1. The van der Waals surface area contributed by atoms with Crippen LogP contribution in [0.15, 0.2) is 12.1 Å². The third-order valence-electron chi connectivity index (χ3n) is 2.72. The van der Waals surface area contributed by atoms with Crippen LogP contribution in [-0.2, 0) is 10.2 Å². The summed E-state index contributed by atoms with van der Waals surface area (Å²) < 4.78 is 29.2.